The average molecular weight is 318 g/mol. The lowest BCUT2D eigenvalue weighted by molar-refractivity contribution is -0.138. The zero-order valence-corrected chi connectivity index (χ0v) is 13.0. The van der Waals surface area contributed by atoms with Gasteiger partial charge in [0.1, 0.15) is 0 Å². The summed E-state index contributed by atoms with van der Waals surface area (Å²) in [6.07, 6.45) is 5.45. The summed E-state index contributed by atoms with van der Waals surface area (Å²) in [7, 11) is -0.621. The van der Waals surface area contributed by atoms with Gasteiger partial charge < -0.3 is 15.3 Å². The van der Waals surface area contributed by atoms with Crippen molar-refractivity contribution in [3.8, 4) is 0 Å². The zero-order valence-electron chi connectivity index (χ0n) is 12.1. The lowest BCUT2D eigenvalue weighted by Crippen LogP contribution is -2.34. The molecule has 0 bridgehead atoms. The first-order valence-electron chi connectivity index (χ1n) is 7.26. The first-order chi connectivity index (χ1) is 9.85. The Bertz CT molecular complexity index is 377. The van der Waals surface area contributed by atoms with Crippen molar-refractivity contribution in [1.29, 1.82) is 0 Å². The van der Waals surface area contributed by atoms with Gasteiger partial charge in [-0.25, -0.2) is 0 Å². The molecule has 0 spiro atoms. The quantitative estimate of drug-likeness (QED) is 0.563. The Hall–Kier alpha value is -1.16. The maximum atomic E-state index is 10.9. The van der Waals surface area contributed by atoms with Crippen LogP contribution in [0.1, 0.15) is 51.4 Å². The van der Waals surface area contributed by atoms with Gasteiger partial charge >= 0.3 is 17.9 Å². The molecular formula is C14H23O6P. The maximum absolute atomic E-state index is 10.9. The number of carbonyl (C=O) groups is 3. The van der Waals surface area contributed by atoms with Crippen LogP contribution in [0.2, 0.25) is 0 Å². The summed E-state index contributed by atoms with van der Waals surface area (Å²) in [5.74, 6) is -2.58. The van der Waals surface area contributed by atoms with Gasteiger partial charge in [0.25, 0.3) is 0 Å². The van der Waals surface area contributed by atoms with Crippen LogP contribution in [-0.4, -0.2) is 50.7 Å². The standard InChI is InChI=1S/C14H23O6P/c15-11(16)3-7-14(8-4-12(17)18)6-1-2-9-21(14)10-5-13(19)20/h1-10H2,(H,15,16)(H,17,18)(H,19,20). The molecule has 0 amide bonds. The van der Waals surface area contributed by atoms with Crippen molar-refractivity contribution in [1.82, 2.24) is 0 Å². The Balaban J connectivity index is 2.82. The number of rotatable bonds is 9. The summed E-state index contributed by atoms with van der Waals surface area (Å²) in [6, 6.07) is 0. The second-order valence-corrected chi connectivity index (χ2v) is 8.52. The van der Waals surface area contributed by atoms with Crippen LogP contribution < -0.4 is 0 Å². The number of carboxylic acids is 3. The smallest absolute Gasteiger partial charge is 0.303 e. The van der Waals surface area contributed by atoms with E-state index in [4.69, 9.17) is 15.3 Å². The van der Waals surface area contributed by atoms with E-state index >= 15 is 0 Å². The van der Waals surface area contributed by atoms with Crippen LogP contribution >= 0.6 is 7.92 Å². The van der Waals surface area contributed by atoms with Gasteiger partial charge in [-0.3, -0.25) is 14.4 Å². The number of hydrogen-bond acceptors (Lipinski definition) is 3. The predicted molar refractivity (Wildman–Crippen MR) is 79.2 cm³/mol. The molecule has 1 aliphatic rings. The van der Waals surface area contributed by atoms with Crippen LogP contribution in [0.5, 0.6) is 0 Å². The molecule has 0 aliphatic carbocycles. The Kier molecular flexibility index (Phi) is 7.09. The van der Waals surface area contributed by atoms with Crippen LogP contribution in [0.25, 0.3) is 0 Å². The van der Waals surface area contributed by atoms with Crippen LogP contribution in [0.3, 0.4) is 0 Å². The molecule has 6 nitrogen and oxygen atoms in total. The fourth-order valence-electron chi connectivity index (χ4n) is 3.10. The molecule has 21 heavy (non-hydrogen) atoms. The first kappa shape index (κ1) is 17.9. The highest BCUT2D eigenvalue weighted by Crippen LogP contribution is 2.60. The van der Waals surface area contributed by atoms with Gasteiger partial charge in [-0.05, 0) is 43.2 Å². The molecule has 0 saturated carbocycles. The van der Waals surface area contributed by atoms with E-state index < -0.39 is 25.8 Å². The van der Waals surface area contributed by atoms with Gasteiger partial charge in [-0.2, -0.15) is 0 Å². The second-order valence-electron chi connectivity index (χ2n) is 5.60. The van der Waals surface area contributed by atoms with Crippen molar-refractivity contribution < 1.29 is 29.7 Å². The van der Waals surface area contributed by atoms with Crippen molar-refractivity contribution >= 4 is 25.8 Å². The van der Waals surface area contributed by atoms with Gasteiger partial charge in [0, 0.05) is 19.3 Å². The van der Waals surface area contributed by atoms with Crippen molar-refractivity contribution in [2.45, 2.75) is 56.5 Å². The summed E-state index contributed by atoms with van der Waals surface area (Å²) in [6.45, 7) is 0. The van der Waals surface area contributed by atoms with Crippen LogP contribution in [0, 0.1) is 0 Å². The van der Waals surface area contributed by atoms with Gasteiger partial charge in [-0.1, -0.05) is 14.3 Å². The van der Waals surface area contributed by atoms with E-state index in [1.165, 1.54) is 0 Å². The predicted octanol–water partition coefficient (Wildman–Crippen LogP) is 2.60. The summed E-state index contributed by atoms with van der Waals surface area (Å²) in [4.78, 5) is 32.6. The molecule has 1 fully saturated rings. The van der Waals surface area contributed by atoms with E-state index in [1.54, 1.807) is 0 Å². The van der Waals surface area contributed by atoms with Crippen molar-refractivity contribution in [2.75, 3.05) is 12.3 Å². The minimum atomic E-state index is -0.872. The molecule has 1 heterocycles. The monoisotopic (exact) mass is 318 g/mol. The van der Waals surface area contributed by atoms with Gasteiger partial charge in [0.05, 0.1) is 0 Å². The minimum absolute atomic E-state index is 0.0333. The fraction of sp³-hybridized carbons (Fsp3) is 0.786. The third-order valence-corrected chi connectivity index (χ3v) is 7.83. The maximum Gasteiger partial charge on any atom is 0.303 e. The average Bonchev–Trinajstić information content (AvgIpc) is 2.41. The Labute approximate surface area is 125 Å². The third kappa shape index (κ3) is 6.00. The molecule has 7 heteroatoms. The van der Waals surface area contributed by atoms with E-state index in [0.717, 1.165) is 25.4 Å². The van der Waals surface area contributed by atoms with Crippen molar-refractivity contribution in [2.24, 2.45) is 0 Å². The molecule has 3 N–H and O–H groups in total. The molecule has 1 atom stereocenters. The largest absolute Gasteiger partial charge is 0.481 e. The van der Waals surface area contributed by atoms with E-state index in [-0.39, 0.29) is 24.4 Å². The SMILES string of the molecule is O=C(O)CCP1CCCCC1(CCC(=O)O)CCC(=O)O. The van der Waals surface area contributed by atoms with Crippen LogP contribution in [-0.2, 0) is 14.4 Å². The van der Waals surface area contributed by atoms with E-state index in [0.29, 0.717) is 19.0 Å². The van der Waals surface area contributed by atoms with Gasteiger partial charge in [0.15, 0.2) is 0 Å². The normalized spacial score (nSPS) is 20.9. The summed E-state index contributed by atoms with van der Waals surface area (Å²) in [5.41, 5.74) is 0. The van der Waals surface area contributed by atoms with Crippen molar-refractivity contribution in [3.05, 3.63) is 0 Å². The molecule has 0 aromatic carbocycles. The molecule has 0 radical (unpaired) electrons. The first-order valence-corrected chi connectivity index (χ1v) is 8.97. The molecule has 1 unspecified atom stereocenters. The molecule has 1 saturated heterocycles. The van der Waals surface area contributed by atoms with E-state index in [2.05, 4.69) is 0 Å². The fourth-order valence-corrected chi connectivity index (χ4v) is 6.67. The zero-order chi connectivity index (χ0) is 15.9. The van der Waals surface area contributed by atoms with Crippen molar-refractivity contribution in [3.63, 3.8) is 0 Å². The lowest BCUT2D eigenvalue weighted by atomic mass is 9.90. The second kappa shape index (κ2) is 8.32. The highest BCUT2D eigenvalue weighted by molar-refractivity contribution is 7.59. The van der Waals surface area contributed by atoms with Crippen LogP contribution in [0.4, 0.5) is 0 Å². The molecular weight excluding hydrogens is 295 g/mol. The number of hydrogen-bond donors (Lipinski definition) is 3. The Morgan fingerprint density at radius 3 is 1.86 bits per heavy atom. The van der Waals surface area contributed by atoms with Crippen LogP contribution in [0.15, 0.2) is 0 Å². The van der Waals surface area contributed by atoms with Gasteiger partial charge in [0.2, 0.25) is 0 Å². The van der Waals surface area contributed by atoms with E-state index in [9.17, 15) is 14.4 Å². The minimum Gasteiger partial charge on any atom is -0.481 e. The summed E-state index contributed by atoms with van der Waals surface area (Å²) >= 11 is 0. The lowest BCUT2D eigenvalue weighted by Gasteiger charge is -2.45. The molecule has 1 aliphatic heterocycles. The summed E-state index contributed by atoms with van der Waals surface area (Å²) < 4.78 is 0. The van der Waals surface area contributed by atoms with Gasteiger partial charge in [-0.15, -0.1) is 0 Å². The number of aliphatic carboxylic acids is 3. The highest BCUT2D eigenvalue weighted by atomic mass is 31.1. The Morgan fingerprint density at radius 2 is 1.38 bits per heavy atom. The molecule has 0 aromatic heterocycles. The number of carboxylic acid groups (broad SMARTS) is 3. The highest BCUT2D eigenvalue weighted by Gasteiger charge is 2.40. The topological polar surface area (TPSA) is 112 Å². The third-order valence-electron chi connectivity index (χ3n) is 4.20. The summed E-state index contributed by atoms with van der Waals surface area (Å²) in [5, 5.41) is 26.5. The molecule has 1 rings (SSSR count). The van der Waals surface area contributed by atoms with E-state index in [1.807, 2.05) is 0 Å². The molecule has 0 aromatic rings. The Morgan fingerprint density at radius 1 is 0.857 bits per heavy atom. The molecule has 120 valence electrons.